The first kappa shape index (κ1) is 9.49. The molecule has 0 unspecified atom stereocenters. The molecule has 0 aromatic carbocycles. The number of ether oxygens (including phenoxy) is 1. The lowest BCUT2D eigenvalue weighted by atomic mass is 9.79. The van der Waals surface area contributed by atoms with Crippen LogP contribution in [0.1, 0.15) is 19.3 Å². The first-order valence-corrected chi connectivity index (χ1v) is 4.95. The Hall–Kier alpha value is -1.06. The highest BCUT2D eigenvalue weighted by Gasteiger charge is 2.54. The van der Waals surface area contributed by atoms with E-state index < -0.39 is 17.8 Å². The molecule has 0 spiro atoms. The molecule has 0 amide bonds. The minimum Gasteiger partial charge on any atom is -0.481 e. The van der Waals surface area contributed by atoms with Gasteiger partial charge in [-0.25, -0.2) is 0 Å². The predicted molar refractivity (Wildman–Crippen MR) is 47.5 cm³/mol. The van der Waals surface area contributed by atoms with Gasteiger partial charge in [-0.05, 0) is 31.1 Å². The van der Waals surface area contributed by atoms with Crippen LogP contribution < -0.4 is 0 Å². The molecule has 4 atom stereocenters. The maximum atomic E-state index is 11.4. The average molecular weight is 198 g/mol. The van der Waals surface area contributed by atoms with Gasteiger partial charge in [-0.15, -0.1) is 0 Å². The van der Waals surface area contributed by atoms with Crippen molar-refractivity contribution in [2.75, 3.05) is 7.11 Å². The van der Waals surface area contributed by atoms with Crippen LogP contribution in [0.4, 0.5) is 0 Å². The third kappa shape index (κ3) is 1.21. The summed E-state index contributed by atoms with van der Waals surface area (Å²) in [5.74, 6) is -1.63. The van der Waals surface area contributed by atoms with Crippen molar-refractivity contribution in [2.45, 2.75) is 19.3 Å². The van der Waals surface area contributed by atoms with Gasteiger partial charge < -0.3 is 9.84 Å². The van der Waals surface area contributed by atoms with Crippen molar-refractivity contribution in [3.8, 4) is 0 Å². The van der Waals surface area contributed by atoms with E-state index in [0.29, 0.717) is 0 Å². The summed E-state index contributed by atoms with van der Waals surface area (Å²) >= 11 is 0. The summed E-state index contributed by atoms with van der Waals surface area (Å²) in [5, 5.41) is 9.04. The van der Waals surface area contributed by atoms with Gasteiger partial charge in [0.1, 0.15) is 0 Å². The molecule has 0 saturated heterocycles. The smallest absolute Gasteiger partial charge is 0.309 e. The molecule has 2 aliphatic rings. The van der Waals surface area contributed by atoms with Crippen LogP contribution in [-0.4, -0.2) is 24.2 Å². The Morgan fingerprint density at radius 2 is 1.79 bits per heavy atom. The number of hydrogen-bond donors (Lipinski definition) is 1. The molecule has 2 saturated carbocycles. The Labute approximate surface area is 82.2 Å². The van der Waals surface area contributed by atoms with Crippen LogP contribution in [0.5, 0.6) is 0 Å². The number of fused-ring (bicyclic) bond motifs is 2. The zero-order valence-electron chi connectivity index (χ0n) is 8.10. The van der Waals surface area contributed by atoms with E-state index in [9.17, 15) is 9.59 Å². The Morgan fingerprint density at radius 1 is 1.21 bits per heavy atom. The third-order valence-electron chi connectivity index (χ3n) is 3.67. The lowest BCUT2D eigenvalue weighted by Crippen LogP contribution is -2.35. The van der Waals surface area contributed by atoms with Crippen molar-refractivity contribution >= 4 is 11.9 Å². The highest BCUT2D eigenvalue weighted by molar-refractivity contribution is 5.82. The first-order chi connectivity index (χ1) is 6.65. The van der Waals surface area contributed by atoms with E-state index in [1.165, 1.54) is 7.11 Å². The largest absolute Gasteiger partial charge is 0.481 e. The minimum absolute atomic E-state index is 0.196. The van der Waals surface area contributed by atoms with E-state index in [1.54, 1.807) is 0 Å². The van der Waals surface area contributed by atoms with Crippen LogP contribution >= 0.6 is 0 Å². The highest BCUT2D eigenvalue weighted by atomic mass is 16.5. The number of carboxylic acid groups (broad SMARTS) is 1. The number of methoxy groups -OCH3 is 1. The molecule has 0 heterocycles. The standard InChI is InChI=1S/C10H14O4/c1-14-10(13)8-6-3-2-5(4-6)7(8)9(11)12/h5-8H,2-4H2,1H3,(H,11,12)/t5-,6-,7+,8+/m0/s1. The predicted octanol–water partition coefficient (Wildman–Crippen LogP) is 0.906. The summed E-state index contributed by atoms with van der Waals surface area (Å²) in [4.78, 5) is 22.4. The molecule has 2 rings (SSSR count). The van der Waals surface area contributed by atoms with Gasteiger partial charge in [-0.3, -0.25) is 9.59 Å². The number of carboxylic acids is 1. The summed E-state index contributed by atoms with van der Waals surface area (Å²) in [6, 6.07) is 0. The molecule has 0 aromatic rings. The van der Waals surface area contributed by atoms with Gasteiger partial charge in [0.15, 0.2) is 0 Å². The fraction of sp³-hybridized carbons (Fsp3) is 0.800. The van der Waals surface area contributed by atoms with Gasteiger partial charge in [-0.1, -0.05) is 0 Å². The molecule has 0 radical (unpaired) electrons. The summed E-state index contributed by atoms with van der Waals surface area (Å²) in [6.07, 6.45) is 2.82. The van der Waals surface area contributed by atoms with E-state index in [4.69, 9.17) is 5.11 Å². The van der Waals surface area contributed by atoms with Crippen molar-refractivity contribution in [3.63, 3.8) is 0 Å². The van der Waals surface area contributed by atoms with Crippen LogP contribution in [0.15, 0.2) is 0 Å². The Kier molecular flexibility index (Phi) is 2.21. The zero-order chi connectivity index (χ0) is 10.3. The molecule has 2 bridgehead atoms. The molecule has 14 heavy (non-hydrogen) atoms. The van der Waals surface area contributed by atoms with Crippen LogP contribution in [0.3, 0.4) is 0 Å². The van der Waals surface area contributed by atoms with Crippen molar-refractivity contribution in [1.29, 1.82) is 0 Å². The van der Waals surface area contributed by atoms with Crippen LogP contribution in [-0.2, 0) is 14.3 Å². The van der Waals surface area contributed by atoms with Gasteiger partial charge >= 0.3 is 11.9 Å². The van der Waals surface area contributed by atoms with E-state index in [-0.39, 0.29) is 17.8 Å². The summed E-state index contributed by atoms with van der Waals surface area (Å²) in [7, 11) is 1.33. The fourth-order valence-electron chi connectivity index (χ4n) is 3.12. The average Bonchev–Trinajstić information content (AvgIpc) is 2.74. The summed E-state index contributed by atoms with van der Waals surface area (Å²) in [6.45, 7) is 0. The molecule has 78 valence electrons. The number of esters is 1. The lowest BCUT2D eigenvalue weighted by molar-refractivity contribution is -0.158. The van der Waals surface area contributed by atoms with Crippen LogP contribution in [0.2, 0.25) is 0 Å². The molecule has 2 fully saturated rings. The van der Waals surface area contributed by atoms with Crippen molar-refractivity contribution in [2.24, 2.45) is 23.7 Å². The Morgan fingerprint density at radius 3 is 2.29 bits per heavy atom. The fourth-order valence-corrected chi connectivity index (χ4v) is 3.12. The maximum Gasteiger partial charge on any atom is 0.309 e. The molecule has 0 aliphatic heterocycles. The monoisotopic (exact) mass is 198 g/mol. The van der Waals surface area contributed by atoms with Gasteiger partial charge in [0.2, 0.25) is 0 Å². The lowest BCUT2D eigenvalue weighted by Gasteiger charge is -2.25. The summed E-state index contributed by atoms with van der Waals surface area (Å²) < 4.78 is 4.66. The SMILES string of the molecule is COC(=O)[C@@H]1[C@H]2CC[C@@H](C2)[C@H]1C(=O)O. The molecule has 0 aromatic heterocycles. The molecule has 1 N–H and O–H groups in total. The second-order valence-corrected chi connectivity index (χ2v) is 4.25. The number of rotatable bonds is 2. The van der Waals surface area contributed by atoms with E-state index >= 15 is 0 Å². The quantitative estimate of drug-likeness (QED) is 0.670. The topological polar surface area (TPSA) is 63.6 Å². The summed E-state index contributed by atoms with van der Waals surface area (Å²) in [5.41, 5.74) is 0. The minimum atomic E-state index is -0.840. The van der Waals surface area contributed by atoms with E-state index in [2.05, 4.69) is 4.74 Å². The van der Waals surface area contributed by atoms with Crippen molar-refractivity contribution in [1.82, 2.24) is 0 Å². The first-order valence-electron chi connectivity index (χ1n) is 4.95. The van der Waals surface area contributed by atoms with Crippen LogP contribution in [0.25, 0.3) is 0 Å². The van der Waals surface area contributed by atoms with E-state index in [1.807, 2.05) is 0 Å². The van der Waals surface area contributed by atoms with Crippen molar-refractivity contribution in [3.05, 3.63) is 0 Å². The molecule has 4 heteroatoms. The number of hydrogen-bond acceptors (Lipinski definition) is 3. The van der Waals surface area contributed by atoms with Crippen molar-refractivity contribution < 1.29 is 19.4 Å². The Balaban J connectivity index is 2.21. The zero-order valence-corrected chi connectivity index (χ0v) is 8.10. The third-order valence-corrected chi connectivity index (χ3v) is 3.67. The van der Waals surface area contributed by atoms with Gasteiger partial charge in [-0.2, -0.15) is 0 Å². The normalized spacial score (nSPS) is 39.8. The highest BCUT2D eigenvalue weighted by Crippen LogP contribution is 2.52. The number of carbonyl (C=O) groups excluding carboxylic acids is 1. The second-order valence-electron chi connectivity index (χ2n) is 4.25. The van der Waals surface area contributed by atoms with Gasteiger partial charge in [0, 0.05) is 0 Å². The maximum absolute atomic E-state index is 11.4. The molecular weight excluding hydrogens is 184 g/mol. The number of carbonyl (C=O) groups is 2. The second kappa shape index (κ2) is 3.26. The Bertz CT molecular complexity index is 273. The molecular formula is C10H14O4. The molecule has 4 nitrogen and oxygen atoms in total. The van der Waals surface area contributed by atoms with Gasteiger partial charge in [0.05, 0.1) is 18.9 Å². The number of aliphatic carboxylic acids is 1. The molecule has 2 aliphatic carbocycles. The van der Waals surface area contributed by atoms with Gasteiger partial charge in [0.25, 0.3) is 0 Å². The van der Waals surface area contributed by atoms with Crippen LogP contribution in [0, 0.1) is 23.7 Å². The van der Waals surface area contributed by atoms with E-state index in [0.717, 1.165) is 19.3 Å².